The molecule has 0 saturated carbocycles. The minimum atomic E-state index is 0.296. The quantitative estimate of drug-likeness (QED) is 0.561. The zero-order chi connectivity index (χ0) is 13.4. The third-order valence-electron chi connectivity index (χ3n) is 2.66. The van der Waals surface area contributed by atoms with Crippen LogP contribution in [0.25, 0.3) is 0 Å². The van der Waals surface area contributed by atoms with Crippen LogP contribution in [0.5, 0.6) is 0 Å². The summed E-state index contributed by atoms with van der Waals surface area (Å²) in [6.45, 7) is 8.54. The van der Waals surface area contributed by atoms with Gasteiger partial charge in [-0.05, 0) is 50.6 Å². The minimum absolute atomic E-state index is 0.296. The second kappa shape index (κ2) is 8.57. The van der Waals surface area contributed by atoms with Gasteiger partial charge in [-0.2, -0.15) is 0 Å². The minimum Gasteiger partial charge on any atom is -0.328 e. The topological polar surface area (TPSA) is 38.0 Å². The highest BCUT2D eigenvalue weighted by Crippen LogP contribution is 2.22. The van der Waals surface area contributed by atoms with Crippen molar-refractivity contribution in [1.29, 1.82) is 0 Å². The van der Waals surface area contributed by atoms with Crippen LogP contribution in [0.15, 0.2) is 29.2 Å². The summed E-state index contributed by atoms with van der Waals surface area (Å²) in [5.74, 6) is 0. The molecular formula is C15H26N2S. The molecule has 0 aromatic heterocycles. The molecule has 3 N–H and O–H groups in total. The number of thioether (sulfide) groups is 1. The highest BCUT2D eigenvalue weighted by molar-refractivity contribution is 7.99. The van der Waals surface area contributed by atoms with Crippen LogP contribution in [0.2, 0.25) is 0 Å². The van der Waals surface area contributed by atoms with Crippen molar-refractivity contribution in [3.8, 4) is 0 Å². The Balaban J connectivity index is 2.22. The van der Waals surface area contributed by atoms with Crippen LogP contribution in [0.4, 0.5) is 0 Å². The molecule has 18 heavy (non-hydrogen) atoms. The van der Waals surface area contributed by atoms with E-state index in [9.17, 15) is 0 Å². The third-order valence-corrected chi connectivity index (χ3v) is 3.68. The smallest absolute Gasteiger partial charge is 0.00747 e. The Hall–Kier alpha value is -0.510. The van der Waals surface area contributed by atoms with Crippen LogP contribution in [0, 0.1) is 0 Å². The number of nitrogens with two attached hydrogens (primary N) is 1. The van der Waals surface area contributed by atoms with Crippen molar-refractivity contribution in [1.82, 2.24) is 5.32 Å². The van der Waals surface area contributed by atoms with Crippen LogP contribution in [-0.4, -0.2) is 24.4 Å². The molecule has 0 heterocycles. The fourth-order valence-corrected chi connectivity index (χ4v) is 2.53. The highest BCUT2D eigenvalue weighted by Gasteiger charge is 1.99. The Bertz CT molecular complexity index is 320. The summed E-state index contributed by atoms with van der Waals surface area (Å²) in [6, 6.07) is 9.21. The van der Waals surface area contributed by atoms with Gasteiger partial charge in [-0.15, -0.1) is 11.8 Å². The van der Waals surface area contributed by atoms with Gasteiger partial charge in [0.2, 0.25) is 0 Å². The molecule has 0 saturated heterocycles. The van der Waals surface area contributed by atoms with E-state index in [4.69, 9.17) is 5.73 Å². The molecule has 2 nitrogen and oxygen atoms in total. The van der Waals surface area contributed by atoms with Crippen LogP contribution in [-0.2, 0) is 6.42 Å². The summed E-state index contributed by atoms with van der Waals surface area (Å²) in [7, 11) is 0. The van der Waals surface area contributed by atoms with Crippen molar-refractivity contribution in [2.24, 2.45) is 5.73 Å². The van der Waals surface area contributed by atoms with Gasteiger partial charge in [-0.3, -0.25) is 0 Å². The lowest BCUT2D eigenvalue weighted by Gasteiger charge is -2.08. The SMILES string of the molecule is CC(N)CCNCCc1ccc(SC(C)C)cc1. The predicted molar refractivity (Wildman–Crippen MR) is 82.3 cm³/mol. The Morgan fingerprint density at radius 3 is 2.33 bits per heavy atom. The fourth-order valence-electron chi connectivity index (χ4n) is 1.69. The molecule has 0 aliphatic rings. The first-order chi connectivity index (χ1) is 8.58. The molecule has 3 heteroatoms. The van der Waals surface area contributed by atoms with Crippen molar-refractivity contribution < 1.29 is 0 Å². The van der Waals surface area contributed by atoms with Crippen molar-refractivity contribution >= 4 is 11.8 Å². The summed E-state index contributed by atoms with van der Waals surface area (Å²) in [5, 5.41) is 4.08. The lowest BCUT2D eigenvalue weighted by atomic mass is 10.1. The first kappa shape index (κ1) is 15.5. The van der Waals surface area contributed by atoms with Gasteiger partial charge in [0.25, 0.3) is 0 Å². The molecule has 1 atom stereocenters. The molecule has 0 fully saturated rings. The summed E-state index contributed by atoms with van der Waals surface area (Å²) >= 11 is 1.91. The van der Waals surface area contributed by atoms with Crippen molar-refractivity contribution in [2.75, 3.05) is 13.1 Å². The fraction of sp³-hybridized carbons (Fsp3) is 0.600. The van der Waals surface area contributed by atoms with Gasteiger partial charge in [-0.25, -0.2) is 0 Å². The summed E-state index contributed by atoms with van der Waals surface area (Å²) in [4.78, 5) is 1.36. The van der Waals surface area contributed by atoms with Gasteiger partial charge < -0.3 is 11.1 Å². The Morgan fingerprint density at radius 2 is 1.78 bits per heavy atom. The van der Waals surface area contributed by atoms with Crippen LogP contribution in [0.3, 0.4) is 0 Å². The molecule has 0 spiro atoms. The number of rotatable bonds is 8. The summed E-state index contributed by atoms with van der Waals surface area (Å²) < 4.78 is 0. The highest BCUT2D eigenvalue weighted by atomic mass is 32.2. The monoisotopic (exact) mass is 266 g/mol. The molecule has 0 aliphatic carbocycles. The van der Waals surface area contributed by atoms with E-state index < -0.39 is 0 Å². The molecule has 1 unspecified atom stereocenters. The molecule has 1 aromatic rings. The first-order valence-corrected chi connectivity index (χ1v) is 7.68. The van der Waals surface area contributed by atoms with Gasteiger partial charge >= 0.3 is 0 Å². The van der Waals surface area contributed by atoms with Gasteiger partial charge in [0.05, 0.1) is 0 Å². The van der Waals surface area contributed by atoms with Crippen molar-refractivity contribution in [3.05, 3.63) is 29.8 Å². The third kappa shape index (κ3) is 7.04. The molecule has 1 rings (SSSR count). The second-order valence-electron chi connectivity index (χ2n) is 5.08. The van der Waals surface area contributed by atoms with E-state index in [1.54, 1.807) is 0 Å². The van der Waals surface area contributed by atoms with E-state index in [2.05, 4.69) is 43.4 Å². The Labute approximate surface area is 116 Å². The van der Waals surface area contributed by atoms with E-state index >= 15 is 0 Å². The maximum atomic E-state index is 5.70. The Morgan fingerprint density at radius 1 is 1.11 bits per heavy atom. The second-order valence-corrected chi connectivity index (χ2v) is 6.73. The van der Waals surface area contributed by atoms with Crippen molar-refractivity contribution in [3.63, 3.8) is 0 Å². The van der Waals surface area contributed by atoms with Gasteiger partial charge in [0.15, 0.2) is 0 Å². The van der Waals surface area contributed by atoms with E-state index in [1.165, 1.54) is 10.5 Å². The number of benzene rings is 1. The summed E-state index contributed by atoms with van der Waals surface area (Å²) in [5.41, 5.74) is 7.10. The van der Waals surface area contributed by atoms with Gasteiger partial charge in [0.1, 0.15) is 0 Å². The molecule has 0 amide bonds. The van der Waals surface area contributed by atoms with Gasteiger partial charge in [0, 0.05) is 16.2 Å². The molecule has 0 bridgehead atoms. The lowest BCUT2D eigenvalue weighted by Crippen LogP contribution is -2.25. The Kier molecular flexibility index (Phi) is 7.40. The van der Waals surface area contributed by atoms with E-state index in [0.717, 1.165) is 25.9 Å². The largest absolute Gasteiger partial charge is 0.328 e. The summed E-state index contributed by atoms with van der Waals surface area (Å²) in [6.07, 6.45) is 2.13. The van der Waals surface area contributed by atoms with E-state index in [1.807, 2.05) is 18.7 Å². The maximum absolute atomic E-state index is 5.70. The molecular weight excluding hydrogens is 240 g/mol. The first-order valence-electron chi connectivity index (χ1n) is 6.80. The van der Waals surface area contributed by atoms with Crippen LogP contribution in [0.1, 0.15) is 32.8 Å². The van der Waals surface area contributed by atoms with Crippen LogP contribution >= 0.6 is 11.8 Å². The normalized spacial score (nSPS) is 12.9. The van der Waals surface area contributed by atoms with Crippen molar-refractivity contribution in [2.45, 2.75) is 49.8 Å². The molecule has 0 radical (unpaired) electrons. The standard InChI is InChI=1S/C15H26N2S/c1-12(2)18-15-6-4-14(5-7-15)9-11-17-10-8-13(3)16/h4-7,12-13,17H,8-11,16H2,1-3H3. The number of nitrogens with one attached hydrogen (secondary N) is 1. The molecule has 1 aromatic carbocycles. The predicted octanol–water partition coefficient (Wildman–Crippen LogP) is 3.06. The van der Waals surface area contributed by atoms with Gasteiger partial charge in [-0.1, -0.05) is 26.0 Å². The van der Waals surface area contributed by atoms with E-state index in [0.29, 0.717) is 11.3 Å². The average Bonchev–Trinajstić information content (AvgIpc) is 2.30. The number of hydrogen-bond acceptors (Lipinski definition) is 3. The average molecular weight is 266 g/mol. The maximum Gasteiger partial charge on any atom is 0.00747 e. The van der Waals surface area contributed by atoms with E-state index in [-0.39, 0.29) is 0 Å². The lowest BCUT2D eigenvalue weighted by molar-refractivity contribution is 0.590. The molecule has 0 aliphatic heterocycles. The number of hydrogen-bond donors (Lipinski definition) is 2. The molecule has 102 valence electrons. The zero-order valence-corrected chi connectivity index (χ0v) is 12.6. The zero-order valence-electron chi connectivity index (χ0n) is 11.8. The van der Waals surface area contributed by atoms with Crippen LogP contribution < -0.4 is 11.1 Å².